The maximum absolute atomic E-state index is 3.85. The van der Waals surface area contributed by atoms with Crippen LogP contribution in [0.25, 0.3) is 0 Å². The maximum Gasteiger partial charge on any atom is 0.0688 e. The fourth-order valence-electron chi connectivity index (χ4n) is 0.685. The molecular formula is C9H19N3. The second-order valence-corrected chi connectivity index (χ2v) is 3.20. The van der Waals surface area contributed by atoms with Crippen LogP contribution >= 0.6 is 0 Å². The van der Waals surface area contributed by atoms with Gasteiger partial charge in [-0.05, 0) is 27.2 Å². The van der Waals surface area contributed by atoms with Crippen molar-refractivity contribution < 1.29 is 0 Å². The smallest absolute Gasteiger partial charge is 0.0688 e. The zero-order valence-corrected chi connectivity index (χ0v) is 8.46. The first-order valence-electron chi connectivity index (χ1n) is 4.43. The van der Waals surface area contributed by atoms with E-state index in [9.17, 15) is 0 Å². The van der Waals surface area contributed by atoms with Gasteiger partial charge in [0.05, 0.1) is 12.1 Å². The van der Waals surface area contributed by atoms with E-state index in [0.29, 0.717) is 0 Å². The van der Waals surface area contributed by atoms with E-state index in [2.05, 4.69) is 48.7 Å². The van der Waals surface area contributed by atoms with Crippen LogP contribution < -0.4 is 5.43 Å². The van der Waals surface area contributed by atoms with Crippen molar-refractivity contribution in [2.45, 2.75) is 39.7 Å². The summed E-state index contributed by atoms with van der Waals surface area (Å²) in [6.07, 6.45) is 5.27. The second kappa shape index (κ2) is 5.75. The highest BCUT2D eigenvalue weighted by Gasteiger charge is 2.10. The monoisotopic (exact) mass is 169 g/mol. The van der Waals surface area contributed by atoms with Crippen LogP contribution in [0.5, 0.6) is 0 Å². The quantitative estimate of drug-likeness (QED) is 0.383. The first-order chi connectivity index (χ1) is 5.62. The maximum atomic E-state index is 3.85. The molecule has 0 radical (unpaired) electrons. The van der Waals surface area contributed by atoms with Gasteiger partial charge < -0.3 is 0 Å². The minimum Gasteiger partial charge on any atom is -0.282 e. The number of hydrogen-bond donors (Lipinski definition) is 1. The molecule has 0 aliphatic rings. The van der Waals surface area contributed by atoms with Crippen molar-refractivity contribution in [2.24, 2.45) is 10.3 Å². The molecule has 12 heavy (non-hydrogen) atoms. The molecule has 0 rings (SSSR count). The first-order valence-corrected chi connectivity index (χ1v) is 4.43. The summed E-state index contributed by atoms with van der Waals surface area (Å²) in [6.45, 7) is 8.92. The van der Waals surface area contributed by atoms with Gasteiger partial charge in [0, 0.05) is 0 Å². The zero-order chi connectivity index (χ0) is 9.45. The van der Waals surface area contributed by atoms with Crippen molar-refractivity contribution >= 4 is 0 Å². The minimum absolute atomic E-state index is 0.0886. The second-order valence-electron chi connectivity index (χ2n) is 3.20. The highest BCUT2D eigenvalue weighted by molar-refractivity contribution is 4.99. The van der Waals surface area contributed by atoms with Crippen LogP contribution in [0, 0.1) is 0 Å². The van der Waals surface area contributed by atoms with Gasteiger partial charge in [0.1, 0.15) is 0 Å². The molecule has 0 saturated heterocycles. The Labute approximate surface area is 74.9 Å². The van der Waals surface area contributed by atoms with Gasteiger partial charge in [-0.1, -0.05) is 24.3 Å². The average molecular weight is 169 g/mol. The van der Waals surface area contributed by atoms with E-state index in [1.807, 2.05) is 6.92 Å². The number of nitrogens with zero attached hydrogens (tertiary/aromatic N) is 2. The van der Waals surface area contributed by atoms with Gasteiger partial charge in [-0.15, -0.1) is 0 Å². The van der Waals surface area contributed by atoms with E-state index in [0.717, 1.165) is 13.0 Å². The molecule has 0 aliphatic heterocycles. The van der Waals surface area contributed by atoms with Crippen LogP contribution in [0.1, 0.15) is 34.1 Å². The first kappa shape index (κ1) is 11.1. The Morgan fingerprint density at radius 3 is 2.50 bits per heavy atom. The van der Waals surface area contributed by atoms with Crippen LogP contribution in [0.2, 0.25) is 0 Å². The molecule has 3 nitrogen and oxygen atoms in total. The third kappa shape index (κ3) is 5.89. The standard InChI is InChI=1S/C9H19N3/c1-5-7-8-9(3,4)11-12-10-6-2/h7-8H,5-6H2,1-4H3,(H,10,11)/b8-7-. The van der Waals surface area contributed by atoms with Crippen LogP contribution in [0.3, 0.4) is 0 Å². The molecule has 1 N–H and O–H groups in total. The normalized spacial score (nSPS) is 13.0. The summed E-state index contributed by atoms with van der Waals surface area (Å²) in [7, 11) is 0. The molecule has 3 heteroatoms. The molecular weight excluding hydrogens is 150 g/mol. The van der Waals surface area contributed by atoms with Gasteiger partial charge in [0.2, 0.25) is 0 Å². The Bertz CT molecular complexity index is 159. The predicted molar refractivity (Wildman–Crippen MR) is 52.0 cm³/mol. The summed E-state index contributed by atoms with van der Waals surface area (Å²) in [6, 6.07) is 0. The fraction of sp³-hybridized carbons (Fsp3) is 0.778. The average Bonchev–Trinajstić information content (AvgIpc) is 2.01. The lowest BCUT2D eigenvalue weighted by Crippen LogP contribution is -2.32. The summed E-state index contributed by atoms with van der Waals surface area (Å²) >= 11 is 0. The summed E-state index contributed by atoms with van der Waals surface area (Å²) in [5.41, 5.74) is 2.88. The van der Waals surface area contributed by atoms with Gasteiger partial charge >= 0.3 is 0 Å². The summed E-state index contributed by atoms with van der Waals surface area (Å²) < 4.78 is 0. The topological polar surface area (TPSA) is 36.8 Å². The van der Waals surface area contributed by atoms with Crippen LogP contribution in [-0.4, -0.2) is 12.1 Å². The molecule has 0 aromatic rings. The van der Waals surface area contributed by atoms with E-state index in [1.165, 1.54) is 0 Å². The highest BCUT2D eigenvalue weighted by atomic mass is 15.4. The van der Waals surface area contributed by atoms with Gasteiger partial charge in [0.25, 0.3) is 0 Å². The lowest BCUT2D eigenvalue weighted by molar-refractivity contribution is 0.470. The Kier molecular flexibility index (Phi) is 5.34. The Balaban J connectivity index is 3.86. The van der Waals surface area contributed by atoms with Crippen LogP contribution in [-0.2, 0) is 0 Å². The molecule has 0 saturated carbocycles. The Hall–Kier alpha value is -0.860. The fourth-order valence-corrected chi connectivity index (χ4v) is 0.685. The van der Waals surface area contributed by atoms with Crippen molar-refractivity contribution in [3.05, 3.63) is 12.2 Å². The zero-order valence-electron chi connectivity index (χ0n) is 8.46. The molecule has 0 spiro atoms. The van der Waals surface area contributed by atoms with Crippen LogP contribution in [0.15, 0.2) is 22.5 Å². The molecule has 0 heterocycles. The molecule has 0 aromatic heterocycles. The molecule has 0 fully saturated rings. The Morgan fingerprint density at radius 2 is 2.00 bits per heavy atom. The molecule has 0 aliphatic carbocycles. The van der Waals surface area contributed by atoms with Crippen LogP contribution in [0.4, 0.5) is 0 Å². The molecule has 0 bridgehead atoms. The molecule has 0 unspecified atom stereocenters. The van der Waals surface area contributed by atoms with Crippen molar-refractivity contribution in [3.63, 3.8) is 0 Å². The van der Waals surface area contributed by atoms with Crippen molar-refractivity contribution in [3.8, 4) is 0 Å². The van der Waals surface area contributed by atoms with Crippen molar-refractivity contribution in [1.29, 1.82) is 0 Å². The Morgan fingerprint density at radius 1 is 1.33 bits per heavy atom. The molecule has 0 atom stereocenters. The third-order valence-electron chi connectivity index (χ3n) is 1.32. The van der Waals surface area contributed by atoms with E-state index in [1.54, 1.807) is 0 Å². The number of allylic oxidation sites excluding steroid dienone is 1. The summed E-state index contributed by atoms with van der Waals surface area (Å²) in [5.74, 6) is 0. The number of hydrogen-bond acceptors (Lipinski definition) is 2. The van der Waals surface area contributed by atoms with E-state index in [-0.39, 0.29) is 5.54 Å². The third-order valence-corrected chi connectivity index (χ3v) is 1.32. The summed E-state index contributed by atoms with van der Waals surface area (Å²) in [4.78, 5) is 0. The predicted octanol–water partition coefficient (Wildman–Crippen LogP) is 2.71. The number of nitrogens with one attached hydrogen (secondary N) is 1. The highest BCUT2D eigenvalue weighted by Crippen LogP contribution is 2.04. The largest absolute Gasteiger partial charge is 0.282 e. The molecule has 0 aromatic carbocycles. The van der Waals surface area contributed by atoms with E-state index >= 15 is 0 Å². The lowest BCUT2D eigenvalue weighted by atomic mass is 10.1. The molecule has 0 amide bonds. The van der Waals surface area contributed by atoms with Gasteiger partial charge in [-0.3, -0.25) is 5.43 Å². The molecule has 70 valence electrons. The van der Waals surface area contributed by atoms with Gasteiger partial charge in [-0.2, -0.15) is 5.11 Å². The SMILES string of the molecule is CC/C=C\C(C)(C)N/N=N\CC. The minimum atomic E-state index is -0.0886. The van der Waals surface area contributed by atoms with Crippen molar-refractivity contribution in [1.82, 2.24) is 5.43 Å². The van der Waals surface area contributed by atoms with E-state index in [4.69, 9.17) is 0 Å². The van der Waals surface area contributed by atoms with Gasteiger partial charge in [-0.25, -0.2) is 0 Å². The lowest BCUT2D eigenvalue weighted by Gasteiger charge is -2.18. The number of rotatable bonds is 5. The summed E-state index contributed by atoms with van der Waals surface area (Å²) in [5, 5.41) is 7.68. The van der Waals surface area contributed by atoms with Gasteiger partial charge in [0.15, 0.2) is 0 Å². The van der Waals surface area contributed by atoms with Crippen molar-refractivity contribution in [2.75, 3.05) is 6.54 Å². The van der Waals surface area contributed by atoms with E-state index < -0.39 is 0 Å².